The van der Waals surface area contributed by atoms with Gasteiger partial charge in [-0.1, -0.05) is 24.3 Å². The van der Waals surface area contributed by atoms with E-state index in [9.17, 15) is 18.4 Å². The number of likely N-dealkylation sites (tertiary alicyclic amines) is 1. The Morgan fingerprint density at radius 2 is 1.55 bits per heavy atom. The summed E-state index contributed by atoms with van der Waals surface area (Å²) in [6.45, 7) is 0.779. The van der Waals surface area contributed by atoms with Crippen LogP contribution in [0, 0.1) is 0 Å². The zero-order valence-electron chi connectivity index (χ0n) is 17.2. The van der Waals surface area contributed by atoms with Gasteiger partial charge in [0, 0.05) is 50.7 Å². The van der Waals surface area contributed by atoms with Crippen molar-refractivity contribution in [2.45, 2.75) is 25.3 Å². The number of fused-ring (bicyclic) bond motifs is 2. The molecule has 6 heteroatoms. The molecule has 2 amide bonds. The average Bonchev–Trinajstić information content (AvgIpc) is 3.05. The number of alkyl halides is 2. The fourth-order valence-electron chi connectivity index (χ4n) is 4.42. The van der Waals surface area contributed by atoms with E-state index in [0.29, 0.717) is 12.1 Å². The highest BCUT2D eigenvalue weighted by Crippen LogP contribution is 2.31. The molecular weight excluding hydrogens is 398 g/mol. The van der Waals surface area contributed by atoms with Gasteiger partial charge in [-0.3, -0.25) is 9.59 Å². The third-order valence-electron chi connectivity index (χ3n) is 6.29. The van der Waals surface area contributed by atoms with Crippen LogP contribution in [0.5, 0.6) is 0 Å². The molecule has 158 valence electrons. The van der Waals surface area contributed by atoms with E-state index in [-0.39, 0.29) is 37.7 Å². The molecule has 5 rings (SSSR count). The molecular formula is C25H22F2N2O2. The number of piperidine rings is 1. The molecule has 0 N–H and O–H groups in total. The normalized spacial score (nSPS) is 17.8. The summed E-state index contributed by atoms with van der Waals surface area (Å²) in [4.78, 5) is 28.1. The molecule has 2 aliphatic heterocycles. The summed E-state index contributed by atoms with van der Waals surface area (Å²) < 4.78 is 26.8. The summed E-state index contributed by atoms with van der Waals surface area (Å²) in [6, 6.07) is 17.4. The lowest BCUT2D eigenvalue weighted by Crippen LogP contribution is -2.42. The highest BCUT2D eigenvalue weighted by atomic mass is 19.3. The number of rotatable bonds is 2. The molecule has 3 aromatic rings. The van der Waals surface area contributed by atoms with Crippen LogP contribution >= 0.6 is 0 Å². The minimum atomic E-state index is -2.67. The zero-order chi connectivity index (χ0) is 21.8. The summed E-state index contributed by atoms with van der Waals surface area (Å²) in [5.41, 5.74) is 4.38. The van der Waals surface area contributed by atoms with Gasteiger partial charge in [-0.15, -0.1) is 0 Å². The second-order valence-electron chi connectivity index (χ2n) is 8.46. The Morgan fingerprint density at radius 3 is 2.32 bits per heavy atom. The standard InChI is InChI=1S/C25H22F2N2O2/c1-28-15-21-14-19(6-7-22(21)24(28)31)16-2-3-18-13-20(5-4-17(18)12-16)23(30)29-10-8-25(26,27)9-11-29/h2-7,12-14H,8-11,15H2,1H3. The van der Waals surface area contributed by atoms with Crippen molar-refractivity contribution in [3.05, 3.63) is 71.3 Å². The summed E-state index contributed by atoms with van der Waals surface area (Å²) >= 11 is 0. The second kappa shape index (κ2) is 7.15. The quantitative estimate of drug-likeness (QED) is 0.588. The molecule has 3 aromatic carbocycles. The van der Waals surface area contributed by atoms with Crippen LogP contribution in [0.15, 0.2) is 54.6 Å². The average molecular weight is 420 g/mol. The van der Waals surface area contributed by atoms with Crippen LogP contribution in [-0.2, 0) is 6.54 Å². The smallest absolute Gasteiger partial charge is 0.254 e. The van der Waals surface area contributed by atoms with Gasteiger partial charge in [0.25, 0.3) is 17.7 Å². The fraction of sp³-hybridized carbons (Fsp3) is 0.280. The molecule has 31 heavy (non-hydrogen) atoms. The van der Waals surface area contributed by atoms with Crippen LogP contribution in [0.25, 0.3) is 21.9 Å². The van der Waals surface area contributed by atoms with Gasteiger partial charge in [0.05, 0.1) is 0 Å². The van der Waals surface area contributed by atoms with Crippen LogP contribution in [0.3, 0.4) is 0 Å². The first-order valence-corrected chi connectivity index (χ1v) is 10.4. The maximum Gasteiger partial charge on any atom is 0.254 e. The first-order chi connectivity index (χ1) is 14.8. The topological polar surface area (TPSA) is 40.6 Å². The Hall–Kier alpha value is -3.28. The van der Waals surface area contributed by atoms with E-state index in [2.05, 4.69) is 12.1 Å². The Labute approximate surface area is 179 Å². The number of carbonyl (C=O) groups excluding carboxylic acids is 2. The van der Waals surface area contributed by atoms with Gasteiger partial charge < -0.3 is 9.80 Å². The molecule has 2 heterocycles. The van der Waals surface area contributed by atoms with Crippen LogP contribution in [0.2, 0.25) is 0 Å². The molecule has 4 nitrogen and oxygen atoms in total. The van der Waals surface area contributed by atoms with Crippen LogP contribution in [0.1, 0.15) is 39.1 Å². The number of nitrogens with zero attached hydrogens (tertiary/aromatic N) is 2. The van der Waals surface area contributed by atoms with Crippen LogP contribution in [0.4, 0.5) is 8.78 Å². The molecule has 0 unspecified atom stereocenters. The van der Waals surface area contributed by atoms with Crippen molar-refractivity contribution >= 4 is 22.6 Å². The molecule has 1 saturated heterocycles. The number of hydrogen-bond acceptors (Lipinski definition) is 2. The molecule has 0 saturated carbocycles. The van der Waals surface area contributed by atoms with E-state index in [1.165, 1.54) is 4.90 Å². The molecule has 0 aliphatic carbocycles. The predicted octanol–water partition coefficient (Wildman–Crippen LogP) is 4.96. The molecule has 0 bridgehead atoms. The highest BCUT2D eigenvalue weighted by Gasteiger charge is 2.35. The Kier molecular flexibility index (Phi) is 4.54. The fourth-order valence-corrected chi connectivity index (χ4v) is 4.42. The number of benzene rings is 3. The van der Waals surface area contributed by atoms with Gasteiger partial charge >= 0.3 is 0 Å². The van der Waals surface area contributed by atoms with E-state index in [4.69, 9.17) is 0 Å². The van der Waals surface area contributed by atoms with Crippen molar-refractivity contribution in [3.8, 4) is 11.1 Å². The molecule has 0 aromatic heterocycles. The van der Waals surface area contributed by atoms with Crippen molar-refractivity contribution in [1.29, 1.82) is 0 Å². The maximum absolute atomic E-state index is 13.4. The SMILES string of the molecule is CN1Cc2cc(-c3ccc4cc(C(=O)N5CCC(F)(F)CC5)ccc4c3)ccc2C1=O. The van der Waals surface area contributed by atoms with Crippen molar-refractivity contribution < 1.29 is 18.4 Å². The molecule has 0 atom stereocenters. The zero-order valence-corrected chi connectivity index (χ0v) is 17.2. The monoisotopic (exact) mass is 420 g/mol. The van der Waals surface area contributed by atoms with E-state index in [1.807, 2.05) is 36.4 Å². The first kappa shape index (κ1) is 19.7. The Balaban J connectivity index is 1.40. The lowest BCUT2D eigenvalue weighted by atomic mass is 9.97. The molecule has 2 aliphatic rings. The van der Waals surface area contributed by atoms with Gasteiger partial charge in [-0.05, 0) is 57.8 Å². The van der Waals surface area contributed by atoms with Crippen LogP contribution < -0.4 is 0 Å². The summed E-state index contributed by atoms with van der Waals surface area (Å²) in [7, 11) is 1.80. The largest absolute Gasteiger partial charge is 0.338 e. The summed E-state index contributed by atoms with van der Waals surface area (Å²) in [5, 5.41) is 1.92. The van der Waals surface area contributed by atoms with E-state index < -0.39 is 5.92 Å². The third kappa shape index (κ3) is 3.56. The number of amides is 2. The van der Waals surface area contributed by atoms with Crippen LogP contribution in [-0.4, -0.2) is 47.7 Å². The number of hydrogen-bond donors (Lipinski definition) is 0. The maximum atomic E-state index is 13.4. The minimum Gasteiger partial charge on any atom is -0.338 e. The van der Waals surface area contributed by atoms with Crippen molar-refractivity contribution in [1.82, 2.24) is 9.80 Å². The minimum absolute atomic E-state index is 0.0506. The van der Waals surface area contributed by atoms with Gasteiger partial charge in [0.15, 0.2) is 0 Å². The third-order valence-corrected chi connectivity index (χ3v) is 6.29. The number of carbonyl (C=O) groups is 2. The van der Waals surface area contributed by atoms with E-state index in [1.54, 1.807) is 18.0 Å². The summed E-state index contributed by atoms with van der Waals surface area (Å²) in [5.74, 6) is -2.82. The lowest BCUT2D eigenvalue weighted by molar-refractivity contribution is -0.0494. The van der Waals surface area contributed by atoms with Gasteiger partial charge in [0.2, 0.25) is 0 Å². The highest BCUT2D eigenvalue weighted by molar-refractivity contribution is 6.00. The van der Waals surface area contributed by atoms with Gasteiger partial charge in [-0.2, -0.15) is 0 Å². The van der Waals surface area contributed by atoms with Crippen molar-refractivity contribution in [3.63, 3.8) is 0 Å². The van der Waals surface area contributed by atoms with Gasteiger partial charge in [-0.25, -0.2) is 8.78 Å². The van der Waals surface area contributed by atoms with Gasteiger partial charge in [0.1, 0.15) is 0 Å². The lowest BCUT2D eigenvalue weighted by Gasteiger charge is -2.31. The predicted molar refractivity (Wildman–Crippen MR) is 115 cm³/mol. The first-order valence-electron chi connectivity index (χ1n) is 10.4. The van der Waals surface area contributed by atoms with Crippen molar-refractivity contribution in [2.75, 3.05) is 20.1 Å². The summed E-state index contributed by atoms with van der Waals surface area (Å²) in [6.07, 6.45) is -0.560. The Morgan fingerprint density at radius 1 is 0.903 bits per heavy atom. The molecule has 0 spiro atoms. The second-order valence-corrected chi connectivity index (χ2v) is 8.46. The number of halogens is 2. The van der Waals surface area contributed by atoms with Crippen molar-refractivity contribution in [2.24, 2.45) is 0 Å². The van der Waals surface area contributed by atoms with E-state index in [0.717, 1.165) is 33.0 Å². The van der Waals surface area contributed by atoms with E-state index >= 15 is 0 Å². The molecule has 1 fully saturated rings. The Bertz CT molecular complexity index is 1210. The molecule has 0 radical (unpaired) electrons.